The summed E-state index contributed by atoms with van der Waals surface area (Å²) < 4.78 is 5.08. The fourth-order valence-corrected chi connectivity index (χ4v) is 17.5. The fraction of sp³-hybridized carbons (Fsp3) is 0.439. The maximum Gasteiger partial charge on any atom is 0.321 e. The van der Waals surface area contributed by atoms with Crippen LogP contribution in [0.4, 0.5) is 22.7 Å². The van der Waals surface area contributed by atoms with Gasteiger partial charge in [0.15, 0.2) is 0 Å². The molecular weight excluding hydrogens is 1540 g/mol. The van der Waals surface area contributed by atoms with Crippen molar-refractivity contribution in [3.05, 3.63) is 309 Å². The summed E-state index contributed by atoms with van der Waals surface area (Å²) >= 11 is 0. The zero-order chi connectivity index (χ0) is 94.3. The molecule has 3 heterocycles. The first kappa shape index (κ1) is 105. The van der Waals surface area contributed by atoms with E-state index in [1.165, 1.54) is 96.7 Å². The topological polar surface area (TPSA) is 170 Å². The van der Waals surface area contributed by atoms with Crippen LogP contribution in [0, 0.1) is 43.3 Å². The van der Waals surface area contributed by atoms with E-state index >= 15 is 0 Å². The first-order valence-corrected chi connectivity index (χ1v) is 45.5. The third kappa shape index (κ3) is 22.3. The molecule has 0 aromatic heterocycles. The predicted octanol–water partition coefficient (Wildman–Crippen LogP) is 30.0. The highest BCUT2D eigenvalue weighted by atomic mass is 16.6. The first-order valence-electron chi connectivity index (χ1n) is 45.5. The minimum absolute atomic E-state index is 0.0776. The van der Waals surface area contributed by atoms with Gasteiger partial charge in [0.25, 0.3) is 11.8 Å². The van der Waals surface area contributed by atoms with Crippen LogP contribution in [-0.2, 0) is 33.5 Å². The zero-order valence-corrected chi connectivity index (χ0v) is 82.0. The molecule has 13 rings (SSSR count). The number of carbonyl (C=O) groups is 6. The number of imide groups is 2. The van der Waals surface area contributed by atoms with E-state index in [0.29, 0.717) is 58.0 Å². The van der Waals surface area contributed by atoms with Crippen LogP contribution in [0.25, 0.3) is 12.2 Å². The normalized spacial score (nSPS) is 21.6. The third-order valence-electron chi connectivity index (χ3n) is 30.7. The second-order valence-corrected chi connectivity index (χ2v) is 37.7. The van der Waals surface area contributed by atoms with Crippen molar-refractivity contribution in [1.82, 2.24) is 0 Å². The van der Waals surface area contributed by atoms with Gasteiger partial charge in [0, 0.05) is 44.2 Å². The average molecular weight is 1690 g/mol. The Hall–Kier alpha value is -10.5. The maximum absolute atomic E-state index is 14.0. The van der Waals surface area contributed by atoms with Crippen LogP contribution in [0.1, 0.15) is 326 Å². The Labute approximate surface area is 755 Å². The monoisotopic (exact) mass is 1690 g/mol. The van der Waals surface area contributed by atoms with Gasteiger partial charge in [-0.15, -0.1) is 0 Å². The quantitative estimate of drug-likeness (QED) is 0.0314. The Morgan fingerprint density at radius 2 is 0.504 bits per heavy atom. The van der Waals surface area contributed by atoms with Gasteiger partial charge in [-0.05, 0) is 236 Å². The molecule has 8 aromatic carbocycles. The molecule has 10 atom stereocenters. The number of esters is 2. The molecule has 0 saturated carbocycles. The SMILES string of the molecule is C=Cc1ccc(N)cc1.C=Cc1ccccc1.CC1=C(C)C(C)(C)C2(C)C(=O)OC(=O)C2(C)C1(C)C.CCC(C)c1ccc(N)cc1.CCC(C)c1ccc(N2C(=O)C(C)=C(C)C2=O)cc1.CCC(C)c1ccc(N2C(=O)C3(C)C(C)(C)C(C)=C(C)C(C)(C)C3(C)C2=O)cc1.CCC(C)c1ccccc1.CCC(C)c1ccccc1.CCC(C)c1ccccc1. The first-order chi connectivity index (χ1) is 58.6. The average Bonchev–Trinajstić information content (AvgIpc) is 1.51. The largest absolute Gasteiger partial charge is 0.399 e. The van der Waals surface area contributed by atoms with Gasteiger partial charge >= 0.3 is 11.9 Å². The lowest BCUT2D eigenvalue weighted by Gasteiger charge is -2.60. The van der Waals surface area contributed by atoms with E-state index in [1.54, 1.807) is 19.9 Å². The Morgan fingerprint density at radius 1 is 0.296 bits per heavy atom. The Morgan fingerprint density at radius 3 is 0.744 bits per heavy atom. The number of hydrogen-bond acceptors (Lipinski definition) is 9. The van der Waals surface area contributed by atoms with Crippen LogP contribution < -0.4 is 21.3 Å². The minimum atomic E-state index is -0.829. The molecule has 0 bridgehead atoms. The number of allylic oxidation sites excluding steroid dienone is 4. The summed E-state index contributed by atoms with van der Waals surface area (Å²) in [6.07, 6.45) is 10.6. The lowest BCUT2D eigenvalue weighted by molar-refractivity contribution is -0.157. The lowest BCUT2D eigenvalue weighted by Crippen LogP contribution is -2.61. The van der Waals surface area contributed by atoms with E-state index < -0.39 is 43.3 Å². The van der Waals surface area contributed by atoms with Gasteiger partial charge in [-0.3, -0.25) is 28.8 Å². The summed E-state index contributed by atoms with van der Waals surface area (Å²) in [6.45, 7) is 70.0. The molecule has 11 heteroatoms. The molecule has 0 radical (unpaired) electrons. The number of hydrogen-bond donors (Lipinski definition) is 2. The van der Waals surface area contributed by atoms with Crippen molar-refractivity contribution in [1.29, 1.82) is 0 Å². The van der Waals surface area contributed by atoms with Crippen LogP contribution in [0.5, 0.6) is 0 Å². The molecule has 4 amide bonds. The van der Waals surface area contributed by atoms with Gasteiger partial charge in [-0.25, -0.2) is 9.80 Å². The van der Waals surface area contributed by atoms with Gasteiger partial charge in [0.1, 0.15) is 0 Å². The molecular formula is C114H154N4O7. The van der Waals surface area contributed by atoms with E-state index in [2.05, 4.69) is 267 Å². The second-order valence-electron chi connectivity index (χ2n) is 37.7. The summed E-state index contributed by atoms with van der Waals surface area (Å²) in [7, 11) is 0. The zero-order valence-electron chi connectivity index (χ0n) is 82.0. The highest BCUT2D eigenvalue weighted by molar-refractivity contribution is 6.32. The molecule has 125 heavy (non-hydrogen) atoms. The van der Waals surface area contributed by atoms with Crippen molar-refractivity contribution in [3.63, 3.8) is 0 Å². The van der Waals surface area contributed by atoms with Gasteiger partial charge in [0.2, 0.25) is 11.8 Å². The number of fused-ring (bicyclic) bond motifs is 2. The van der Waals surface area contributed by atoms with Gasteiger partial charge in [0.05, 0.1) is 33.0 Å². The molecule has 2 aliphatic carbocycles. The van der Waals surface area contributed by atoms with Crippen LogP contribution in [0.3, 0.4) is 0 Å². The van der Waals surface area contributed by atoms with E-state index in [4.69, 9.17) is 16.2 Å². The standard InChI is InChI=1S/C26H37NO2.C16H19NO2.C16H24O3.C10H15N.3C10H14.C8H9N.C8H8/c1-11-16(2)19-12-14-20(15-13-19)27-21(28)25(9)23(5,6)17(3)18(4)24(7,8)26(25,10)22(27)29;1-5-10(2)13-6-8-14(9-7-13)17-15(18)11(3)12(4)16(17)19;1-9-10(2)14(5,6)16(8)12(18)19-11(17)15(16,7)13(9,3)4;1-3-8(2)9-4-6-10(11)7-5-9;3*1-3-9(2)10-7-5-4-6-8-10;1-2-7-3-5-8(9)6-4-7;1-2-8-6-4-3-5-7-8/h12-16H,11H2,1-10H3;6-10H,5H2,1-4H3;1-8H3;4-8H,3,11H2,1-2H3;3*4-9H,3H2,1-2H3;2-6H,1,9H2;2-7H,1H2. The number of amides is 4. The molecule has 3 aliphatic heterocycles. The van der Waals surface area contributed by atoms with E-state index in [9.17, 15) is 28.8 Å². The molecule has 8 aromatic rings. The molecule has 5 aliphatic rings. The molecule has 11 nitrogen and oxygen atoms in total. The number of benzene rings is 8. The molecule has 2 saturated heterocycles. The Balaban J connectivity index is 0.000000259. The lowest BCUT2D eigenvalue weighted by atomic mass is 9.40. The van der Waals surface area contributed by atoms with Crippen molar-refractivity contribution >= 4 is 70.5 Å². The van der Waals surface area contributed by atoms with E-state index in [1.807, 2.05) is 165 Å². The van der Waals surface area contributed by atoms with E-state index in [0.717, 1.165) is 29.8 Å². The van der Waals surface area contributed by atoms with Gasteiger partial charge in [-0.1, -0.05) is 356 Å². The van der Waals surface area contributed by atoms with Crippen LogP contribution in [-0.4, -0.2) is 35.6 Å². The maximum atomic E-state index is 14.0. The summed E-state index contributed by atoms with van der Waals surface area (Å²) in [6, 6.07) is 73.3. The van der Waals surface area contributed by atoms with Crippen molar-refractivity contribution in [3.8, 4) is 0 Å². The summed E-state index contributed by atoms with van der Waals surface area (Å²) in [5.74, 6) is 2.38. The second kappa shape index (κ2) is 45.1. The highest BCUT2D eigenvalue weighted by Gasteiger charge is 2.78. The van der Waals surface area contributed by atoms with Crippen molar-refractivity contribution in [2.75, 3.05) is 21.3 Å². The predicted molar refractivity (Wildman–Crippen MR) is 532 cm³/mol. The number of nitrogen functional groups attached to an aromatic ring is 2. The smallest absolute Gasteiger partial charge is 0.321 e. The summed E-state index contributed by atoms with van der Waals surface area (Å²) in [5, 5.41) is 0. The van der Waals surface area contributed by atoms with Gasteiger partial charge in [-0.2, -0.15) is 0 Å². The number of carbonyl (C=O) groups excluding carboxylic acids is 6. The third-order valence-corrected chi connectivity index (χ3v) is 30.7. The van der Waals surface area contributed by atoms with Crippen LogP contribution in [0.15, 0.2) is 265 Å². The molecule has 2 fully saturated rings. The van der Waals surface area contributed by atoms with Crippen LogP contribution in [0.2, 0.25) is 0 Å². The van der Waals surface area contributed by atoms with Crippen molar-refractivity contribution in [2.45, 2.75) is 282 Å². The van der Waals surface area contributed by atoms with Crippen LogP contribution >= 0.6 is 0 Å². The Kier molecular flexibility index (Phi) is 37.9. The molecule has 4 N–H and O–H groups in total. The minimum Gasteiger partial charge on any atom is -0.399 e. The Bertz CT molecular complexity index is 4770. The summed E-state index contributed by atoms with van der Waals surface area (Å²) in [5.41, 5.74) is 25.4. The number of ether oxygens (including phenoxy) is 1. The number of nitrogens with two attached hydrogens (primary N) is 2. The number of cyclic esters (lactones) is 2. The van der Waals surface area contributed by atoms with Crippen molar-refractivity contribution < 1.29 is 33.5 Å². The molecule has 0 spiro atoms. The fourth-order valence-electron chi connectivity index (χ4n) is 17.5. The number of rotatable bonds is 16. The summed E-state index contributed by atoms with van der Waals surface area (Å²) in [4.78, 5) is 79.7. The van der Waals surface area contributed by atoms with E-state index in [-0.39, 0.29) is 35.6 Å². The van der Waals surface area contributed by atoms with Gasteiger partial charge < -0.3 is 16.2 Å². The number of anilines is 4. The number of nitrogens with zero attached hydrogens (tertiary/aromatic N) is 2. The molecule has 10 unspecified atom stereocenters. The highest BCUT2D eigenvalue weighted by Crippen LogP contribution is 2.73. The van der Waals surface area contributed by atoms with Crippen molar-refractivity contribution in [2.24, 2.45) is 43.3 Å². The molecule has 672 valence electrons.